The fourth-order valence-electron chi connectivity index (χ4n) is 2.53. The minimum absolute atomic E-state index is 0.539. The Morgan fingerprint density at radius 3 is 2.65 bits per heavy atom. The number of thiazole rings is 1. The second kappa shape index (κ2) is 5.34. The third-order valence-corrected chi connectivity index (χ3v) is 4.52. The minimum Gasteiger partial charge on any atom is -0.326 e. The Balaban J connectivity index is 2.20. The van der Waals surface area contributed by atoms with Gasteiger partial charge < -0.3 is 5.73 Å². The smallest absolute Gasteiger partial charge is 0.211 e. The van der Waals surface area contributed by atoms with Crippen LogP contribution in [0.25, 0.3) is 15.3 Å². The summed E-state index contributed by atoms with van der Waals surface area (Å²) < 4.78 is 3.17. The third kappa shape index (κ3) is 2.03. The lowest BCUT2D eigenvalue weighted by Gasteiger charge is -2.02. The number of fused-ring (bicyclic) bond motifs is 1. The van der Waals surface area contributed by atoms with Crippen molar-refractivity contribution in [2.45, 2.75) is 33.2 Å². The number of rotatable bonds is 4. The Morgan fingerprint density at radius 1 is 1.20 bits per heavy atom. The molecule has 20 heavy (non-hydrogen) atoms. The molecule has 0 aliphatic heterocycles. The molecule has 1 aromatic carbocycles. The predicted molar refractivity (Wildman–Crippen MR) is 83.4 cm³/mol. The van der Waals surface area contributed by atoms with Gasteiger partial charge in [-0.3, -0.25) is 0 Å². The lowest BCUT2D eigenvalue weighted by Crippen LogP contribution is -2.04. The zero-order valence-electron chi connectivity index (χ0n) is 11.8. The maximum Gasteiger partial charge on any atom is 0.211 e. The van der Waals surface area contributed by atoms with E-state index in [9.17, 15) is 0 Å². The summed E-state index contributed by atoms with van der Waals surface area (Å²) in [5.41, 5.74) is 10.4. The average molecular weight is 286 g/mol. The van der Waals surface area contributed by atoms with Gasteiger partial charge in [-0.25, -0.2) is 9.67 Å². The molecule has 0 saturated heterocycles. The van der Waals surface area contributed by atoms with Crippen molar-refractivity contribution in [2.24, 2.45) is 5.73 Å². The highest BCUT2D eigenvalue weighted by Crippen LogP contribution is 2.27. The topological polar surface area (TPSA) is 56.7 Å². The average Bonchev–Trinajstić information content (AvgIpc) is 3.06. The molecule has 0 fully saturated rings. The van der Waals surface area contributed by atoms with Crippen LogP contribution >= 0.6 is 11.3 Å². The van der Waals surface area contributed by atoms with E-state index < -0.39 is 0 Å². The van der Waals surface area contributed by atoms with Crippen molar-refractivity contribution in [2.75, 3.05) is 0 Å². The van der Waals surface area contributed by atoms with E-state index in [0.717, 1.165) is 29.2 Å². The highest BCUT2D eigenvalue weighted by Gasteiger charge is 2.17. The van der Waals surface area contributed by atoms with Crippen molar-refractivity contribution >= 4 is 21.6 Å². The number of aromatic nitrogens is 3. The Kier molecular flexibility index (Phi) is 3.54. The quantitative estimate of drug-likeness (QED) is 0.802. The first kappa shape index (κ1) is 13.3. The van der Waals surface area contributed by atoms with Crippen LogP contribution in [0.1, 0.15) is 30.8 Å². The molecule has 0 aliphatic rings. The van der Waals surface area contributed by atoms with Gasteiger partial charge in [0.2, 0.25) is 5.13 Å². The summed E-state index contributed by atoms with van der Waals surface area (Å²) >= 11 is 1.67. The number of para-hydroxylation sites is 1. The largest absolute Gasteiger partial charge is 0.326 e. The van der Waals surface area contributed by atoms with E-state index in [1.807, 2.05) is 22.9 Å². The van der Waals surface area contributed by atoms with Gasteiger partial charge in [-0.1, -0.05) is 37.3 Å². The van der Waals surface area contributed by atoms with Crippen molar-refractivity contribution in [1.82, 2.24) is 14.8 Å². The molecule has 0 spiro atoms. The number of aryl methyl sites for hydroxylation is 1. The summed E-state index contributed by atoms with van der Waals surface area (Å²) in [4.78, 5) is 4.69. The van der Waals surface area contributed by atoms with Crippen molar-refractivity contribution < 1.29 is 0 Å². The Labute approximate surface area is 122 Å². The number of nitrogens with two attached hydrogens (primary N) is 1. The van der Waals surface area contributed by atoms with Gasteiger partial charge in [0, 0.05) is 12.1 Å². The van der Waals surface area contributed by atoms with E-state index in [1.54, 1.807) is 11.3 Å². The molecule has 3 rings (SSSR count). The van der Waals surface area contributed by atoms with Crippen LogP contribution < -0.4 is 5.73 Å². The standard InChI is InChI=1S/C15H18N4S/c1-3-11-10(9-16)13(4-2)19(18-11)15-17-12-7-5-6-8-14(12)20-15/h5-8H,3-4,9,16H2,1-2H3. The molecule has 0 unspecified atom stereocenters. The molecule has 104 valence electrons. The van der Waals surface area contributed by atoms with Crippen molar-refractivity contribution in [3.8, 4) is 5.13 Å². The highest BCUT2D eigenvalue weighted by molar-refractivity contribution is 7.20. The molecule has 0 bridgehead atoms. The molecular weight excluding hydrogens is 268 g/mol. The van der Waals surface area contributed by atoms with E-state index in [-0.39, 0.29) is 0 Å². The van der Waals surface area contributed by atoms with Gasteiger partial charge in [-0.15, -0.1) is 0 Å². The number of benzene rings is 1. The summed E-state index contributed by atoms with van der Waals surface area (Å²) in [6, 6.07) is 8.18. The lowest BCUT2D eigenvalue weighted by atomic mass is 10.1. The van der Waals surface area contributed by atoms with Gasteiger partial charge in [-0.05, 0) is 25.0 Å². The van der Waals surface area contributed by atoms with Crippen LogP contribution in [0.4, 0.5) is 0 Å². The summed E-state index contributed by atoms with van der Waals surface area (Å²) in [6.07, 6.45) is 1.81. The van der Waals surface area contributed by atoms with Gasteiger partial charge in [0.15, 0.2) is 0 Å². The third-order valence-electron chi connectivity index (χ3n) is 3.51. The Bertz CT molecular complexity index is 708. The number of hydrogen-bond acceptors (Lipinski definition) is 4. The van der Waals surface area contributed by atoms with E-state index in [0.29, 0.717) is 6.54 Å². The van der Waals surface area contributed by atoms with E-state index in [4.69, 9.17) is 15.8 Å². The number of nitrogens with zero attached hydrogens (tertiary/aromatic N) is 3. The van der Waals surface area contributed by atoms with Crippen LogP contribution in [-0.2, 0) is 19.4 Å². The molecule has 4 nitrogen and oxygen atoms in total. The lowest BCUT2D eigenvalue weighted by molar-refractivity contribution is 0.788. The maximum atomic E-state index is 5.90. The van der Waals surface area contributed by atoms with E-state index >= 15 is 0 Å². The van der Waals surface area contributed by atoms with Gasteiger partial charge in [0.05, 0.1) is 21.6 Å². The van der Waals surface area contributed by atoms with Crippen molar-refractivity contribution in [3.05, 3.63) is 41.2 Å². The zero-order chi connectivity index (χ0) is 14.1. The molecule has 0 amide bonds. The van der Waals surface area contributed by atoms with Crippen LogP contribution in [0.15, 0.2) is 24.3 Å². The Hall–Kier alpha value is -1.72. The SMILES string of the molecule is CCc1nn(-c2nc3ccccc3s2)c(CC)c1CN. The first-order valence-corrected chi connectivity index (χ1v) is 7.75. The van der Waals surface area contributed by atoms with Crippen LogP contribution in [0.3, 0.4) is 0 Å². The molecule has 0 aliphatic carbocycles. The van der Waals surface area contributed by atoms with Gasteiger partial charge in [0.25, 0.3) is 0 Å². The molecule has 0 atom stereocenters. The summed E-state index contributed by atoms with van der Waals surface area (Å²) in [5, 5.41) is 5.65. The molecule has 2 heterocycles. The molecule has 0 radical (unpaired) electrons. The first-order chi connectivity index (χ1) is 9.78. The predicted octanol–water partition coefficient (Wildman–Crippen LogP) is 3.07. The fourth-order valence-corrected chi connectivity index (χ4v) is 3.47. The van der Waals surface area contributed by atoms with Crippen LogP contribution in [0.2, 0.25) is 0 Å². The maximum absolute atomic E-state index is 5.90. The van der Waals surface area contributed by atoms with Crippen LogP contribution in [-0.4, -0.2) is 14.8 Å². The fraction of sp³-hybridized carbons (Fsp3) is 0.333. The summed E-state index contributed by atoms with van der Waals surface area (Å²) in [5.74, 6) is 0. The second-order valence-electron chi connectivity index (χ2n) is 4.66. The Morgan fingerprint density at radius 2 is 2.00 bits per heavy atom. The summed E-state index contributed by atoms with van der Waals surface area (Å²) in [7, 11) is 0. The molecule has 2 N–H and O–H groups in total. The van der Waals surface area contributed by atoms with Crippen molar-refractivity contribution in [3.63, 3.8) is 0 Å². The van der Waals surface area contributed by atoms with Gasteiger partial charge >= 0.3 is 0 Å². The second-order valence-corrected chi connectivity index (χ2v) is 5.67. The van der Waals surface area contributed by atoms with E-state index in [2.05, 4.69) is 19.9 Å². The first-order valence-electron chi connectivity index (χ1n) is 6.94. The minimum atomic E-state index is 0.539. The zero-order valence-corrected chi connectivity index (χ0v) is 12.6. The van der Waals surface area contributed by atoms with Crippen molar-refractivity contribution in [1.29, 1.82) is 0 Å². The van der Waals surface area contributed by atoms with Gasteiger partial charge in [0.1, 0.15) is 0 Å². The molecular formula is C15H18N4S. The van der Waals surface area contributed by atoms with Crippen LogP contribution in [0.5, 0.6) is 0 Å². The highest BCUT2D eigenvalue weighted by atomic mass is 32.1. The molecule has 2 aromatic heterocycles. The normalized spacial score (nSPS) is 11.3. The number of hydrogen-bond donors (Lipinski definition) is 1. The van der Waals surface area contributed by atoms with Gasteiger partial charge in [-0.2, -0.15) is 5.10 Å². The molecule has 0 saturated carbocycles. The molecule has 3 aromatic rings. The molecule has 5 heteroatoms. The summed E-state index contributed by atoms with van der Waals surface area (Å²) in [6.45, 7) is 4.79. The van der Waals surface area contributed by atoms with Crippen LogP contribution in [0, 0.1) is 0 Å². The monoisotopic (exact) mass is 286 g/mol. The van der Waals surface area contributed by atoms with E-state index in [1.165, 1.54) is 16.0 Å².